The molecule has 1 amide bonds. The highest BCUT2D eigenvalue weighted by atomic mass is 32.2. The van der Waals surface area contributed by atoms with Crippen LogP contribution in [0.2, 0.25) is 0 Å². The summed E-state index contributed by atoms with van der Waals surface area (Å²) >= 11 is 2.97. The van der Waals surface area contributed by atoms with Gasteiger partial charge in [-0.3, -0.25) is 9.59 Å². The average molecular weight is 539 g/mol. The maximum Gasteiger partial charge on any atom is 0.259 e. The molecule has 1 aliphatic rings. The first-order valence-corrected chi connectivity index (χ1v) is 14.5. The Labute approximate surface area is 228 Å². The Kier molecular flexibility index (Phi) is 6.59. The lowest BCUT2D eigenvalue weighted by atomic mass is 9.97. The van der Waals surface area contributed by atoms with Crippen LogP contribution in [-0.4, -0.2) is 32.3 Å². The zero-order valence-electron chi connectivity index (χ0n) is 21.1. The summed E-state index contributed by atoms with van der Waals surface area (Å²) in [5, 5.41) is 9.46. The summed E-state index contributed by atoms with van der Waals surface area (Å²) < 4.78 is 0. The van der Waals surface area contributed by atoms with Crippen LogP contribution in [0.1, 0.15) is 39.9 Å². The predicted molar refractivity (Wildman–Crippen MR) is 157 cm³/mol. The van der Waals surface area contributed by atoms with Crippen LogP contribution in [-0.2, 0) is 10.5 Å². The van der Waals surface area contributed by atoms with Crippen molar-refractivity contribution in [3.63, 3.8) is 0 Å². The number of hydrogen-bond acceptors (Lipinski definition) is 6. The van der Waals surface area contributed by atoms with Crippen LogP contribution in [0, 0.1) is 13.8 Å². The lowest BCUT2D eigenvalue weighted by Gasteiger charge is -2.22. The molecule has 6 rings (SSSR count). The molecule has 0 bridgehead atoms. The third kappa shape index (κ3) is 4.66. The van der Waals surface area contributed by atoms with E-state index in [1.165, 1.54) is 28.5 Å². The number of rotatable bonds is 6. The number of H-pyrrole nitrogens is 1. The van der Waals surface area contributed by atoms with E-state index in [1.54, 1.807) is 5.01 Å². The van der Waals surface area contributed by atoms with Gasteiger partial charge in [0.1, 0.15) is 10.7 Å². The van der Waals surface area contributed by atoms with Crippen LogP contribution in [0.15, 0.2) is 82.7 Å². The third-order valence-electron chi connectivity index (χ3n) is 6.99. The number of aromatic nitrogens is 2. The van der Waals surface area contributed by atoms with Crippen molar-refractivity contribution < 1.29 is 4.79 Å². The lowest BCUT2D eigenvalue weighted by Crippen LogP contribution is -2.28. The van der Waals surface area contributed by atoms with E-state index in [0.717, 1.165) is 37.5 Å². The molecule has 1 N–H and O–H groups in total. The van der Waals surface area contributed by atoms with E-state index >= 15 is 0 Å². The predicted octanol–water partition coefficient (Wildman–Crippen LogP) is 6.37. The second kappa shape index (κ2) is 10.2. The standard InChI is InChI=1S/C30H26N4O2S2/c1-18-19(2)38-30-28(18)29(36)31-26(32-30)16-37-17-27(35)34-25(21-9-4-3-5-10-21)15-24(33-34)23-13-12-20-8-6-7-11-22(20)14-23/h3-14,25H,15-17H2,1-2H3,(H,31,32,36)/t25-/m0/s1. The molecule has 0 aliphatic carbocycles. The van der Waals surface area contributed by atoms with Crippen molar-refractivity contribution in [1.29, 1.82) is 0 Å². The highest BCUT2D eigenvalue weighted by Gasteiger charge is 2.33. The number of thiophene rings is 1. The van der Waals surface area contributed by atoms with Crippen LogP contribution in [0.3, 0.4) is 0 Å². The zero-order chi connectivity index (χ0) is 26.2. The van der Waals surface area contributed by atoms with Crippen molar-refractivity contribution >= 4 is 55.7 Å². The molecule has 0 fully saturated rings. The van der Waals surface area contributed by atoms with Gasteiger partial charge in [0.2, 0.25) is 0 Å². The summed E-state index contributed by atoms with van der Waals surface area (Å²) in [6.07, 6.45) is 0.654. The highest BCUT2D eigenvalue weighted by Crippen LogP contribution is 2.34. The minimum absolute atomic E-state index is 0.0640. The first-order valence-electron chi connectivity index (χ1n) is 12.5. The smallest absolute Gasteiger partial charge is 0.259 e. The summed E-state index contributed by atoms with van der Waals surface area (Å²) in [5.74, 6) is 1.20. The summed E-state index contributed by atoms with van der Waals surface area (Å²) in [6, 6.07) is 24.5. The van der Waals surface area contributed by atoms with E-state index in [1.807, 2.05) is 56.3 Å². The van der Waals surface area contributed by atoms with Crippen molar-refractivity contribution in [2.45, 2.75) is 32.1 Å². The Morgan fingerprint density at radius 3 is 2.63 bits per heavy atom. The van der Waals surface area contributed by atoms with Gasteiger partial charge in [-0.2, -0.15) is 5.10 Å². The van der Waals surface area contributed by atoms with E-state index in [2.05, 4.69) is 40.3 Å². The Bertz CT molecular complexity index is 1760. The van der Waals surface area contributed by atoms with Crippen molar-refractivity contribution in [3.8, 4) is 0 Å². The minimum atomic E-state index is -0.155. The van der Waals surface area contributed by atoms with Crippen LogP contribution in [0.4, 0.5) is 0 Å². The molecule has 0 saturated heterocycles. The maximum absolute atomic E-state index is 13.4. The quantitative estimate of drug-likeness (QED) is 0.273. The molecule has 38 heavy (non-hydrogen) atoms. The van der Waals surface area contributed by atoms with E-state index in [4.69, 9.17) is 5.10 Å². The Hall–Kier alpha value is -3.75. The van der Waals surface area contributed by atoms with Gasteiger partial charge in [-0.1, -0.05) is 66.7 Å². The zero-order valence-corrected chi connectivity index (χ0v) is 22.7. The van der Waals surface area contributed by atoms with Crippen LogP contribution >= 0.6 is 23.1 Å². The fourth-order valence-corrected chi connectivity index (χ4v) is 6.68. The van der Waals surface area contributed by atoms with Gasteiger partial charge in [0.15, 0.2) is 0 Å². The molecule has 2 aromatic heterocycles. The molecule has 5 aromatic rings. The second-order valence-electron chi connectivity index (χ2n) is 9.45. The molecule has 6 nitrogen and oxygen atoms in total. The van der Waals surface area contributed by atoms with Crippen molar-refractivity contribution in [2.24, 2.45) is 5.10 Å². The number of hydrazone groups is 1. The first-order chi connectivity index (χ1) is 18.5. The number of aromatic amines is 1. The summed E-state index contributed by atoms with van der Waals surface area (Å²) in [5.41, 5.74) is 3.86. The Balaban J connectivity index is 1.22. The number of nitrogens with one attached hydrogen (secondary N) is 1. The van der Waals surface area contributed by atoms with E-state index < -0.39 is 0 Å². The van der Waals surface area contributed by atoms with E-state index in [-0.39, 0.29) is 23.3 Å². The van der Waals surface area contributed by atoms with Crippen molar-refractivity contribution in [3.05, 3.63) is 111 Å². The summed E-state index contributed by atoms with van der Waals surface area (Å²) in [7, 11) is 0. The number of hydrogen-bond donors (Lipinski definition) is 1. The van der Waals surface area contributed by atoms with Gasteiger partial charge in [0.05, 0.1) is 28.6 Å². The van der Waals surface area contributed by atoms with Gasteiger partial charge in [-0.25, -0.2) is 9.99 Å². The third-order valence-corrected chi connectivity index (χ3v) is 9.02. The molecular formula is C30H26N4O2S2. The number of amides is 1. The van der Waals surface area contributed by atoms with Gasteiger partial charge < -0.3 is 4.98 Å². The molecule has 1 atom stereocenters. The monoisotopic (exact) mass is 538 g/mol. The average Bonchev–Trinajstić information content (AvgIpc) is 3.50. The first kappa shape index (κ1) is 24.6. The number of nitrogens with zero attached hydrogens (tertiary/aromatic N) is 3. The molecular weight excluding hydrogens is 512 g/mol. The SMILES string of the molecule is Cc1sc2nc(CSCC(=O)N3N=C(c4ccc5ccccc5c4)C[C@H]3c3ccccc3)[nH]c(=O)c2c1C. The highest BCUT2D eigenvalue weighted by molar-refractivity contribution is 7.99. The molecule has 0 radical (unpaired) electrons. The molecule has 3 heterocycles. The molecule has 0 unspecified atom stereocenters. The van der Waals surface area contributed by atoms with Crippen molar-refractivity contribution in [2.75, 3.05) is 5.75 Å². The fraction of sp³-hybridized carbons (Fsp3) is 0.200. The van der Waals surface area contributed by atoms with E-state index in [9.17, 15) is 9.59 Å². The largest absolute Gasteiger partial charge is 0.309 e. The van der Waals surface area contributed by atoms with Gasteiger partial charge in [0.25, 0.3) is 11.5 Å². The topological polar surface area (TPSA) is 78.4 Å². The van der Waals surface area contributed by atoms with Crippen LogP contribution < -0.4 is 5.56 Å². The van der Waals surface area contributed by atoms with Crippen molar-refractivity contribution in [1.82, 2.24) is 15.0 Å². The Morgan fingerprint density at radius 2 is 1.82 bits per heavy atom. The number of thioether (sulfide) groups is 1. The molecule has 0 saturated carbocycles. The summed E-state index contributed by atoms with van der Waals surface area (Å²) in [4.78, 5) is 35.4. The minimum Gasteiger partial charge on any atom is -0.309 e. The molecule has 1 aliphatic heterocycles. The second-order valence-corrected chi connectivity index (χ2v) is 11.6. The van der Waals surface area contributed by atoms with Gasteiger partial charge in [-0.15, -0.1) is 23.1 Å². The fourth-order valence-electron chi connectivity index (χ4n) is 4.89. The molecule has 3 aromatic carbocycles. The lowest BCUT2D eigenvalue weighted by molar-refractivity contribution is -0.130. The number of carbonyl (C=O) groups is 1. The van der Waals surface area contributed by atoms with Crippen LogP contribution in [0.25, 0.3) is 21.0 Å². The Morgan fingerprint density at radius 1 is 1.05 bits per heavy atom. The van der Waals surface area contributed by atoms with Gasteiger partial charge >= 0.3 is 0 Å². The van der Waals surface area contributed by atoms with E-state index in [0.29, 0.717) is 23.4 Å². The maximum atomic E-state index is 13.4. The summed E-state index contributed by atoms with van der Waals surface area (Å²) in [6.45, 7) is 3.95. The number of benzene rings is 3. The van der Waals surface area contributed by atoms with Gasteiger partial charge in [-0.05, 0) is 47.4 Å². The number of fused-ring (bicyclic) bond motifs is 2. The van der Waals surface area contributed by atoms with Crippen LogP contribution in [0.5, 0.6) is 0 Å². The molecule has 0 spiro atoms. The molecule has 190 valence electrons. The number of aryl methyl sites for hydroxylation is 2. The normalized spacial score (nSPS) is 15.4. The van der Waals surface area contributed by atoms with Gasteiger partial charge in [0, 0.05) is 11.3 Å². The number of carbonyl (C=O) groups excluding carboxylic acids is 1. The molecule has 8 heteroatoms.